The first kappa shape index (κ1) is 15.8. The molecule has 0 aromatic heterocycles. The van der Waals surface area contributed by atoms with Gasteiger partial charge in [-0.25, -0.2) is 0 Å². The third-order valence-corrected chi connectivity index (χ3v) is 3.58. The fourth-order valence-electron chi connectivity index (χ4n) is 2.31. The zero-order valence-corrected chi connectivity index (χ0v) is 12.6. The number of carbonyl (C=O) groups excluding carboxylic acids is 1. The largest absolute Gasteiger partial charge is 0.469 e. The average molecular weight is 292 g/mol. The van der Waals surface area contributed by atoms with Gasteiger partial charge in [0.2, 0.25) is 0 Å². The van der Waals surface area contributed by atoms with E-state index in [0.717, 1.165) is 51.5 Å². The number of carbonyl (C=O) groups is 1. The molecule has 0 atom stereocenters. The van der Waals surface area contributed by atoms with E-state index in [9.17, 15) is 4.79 Å². The van der Waals surface area contributed by atoms with Gasteiger partial charge in [-0.1, -0.05) is 12.1 Å². The highest BCUT2D eigenvalue weighted by Crippen LogP contribution is 2.12. The number of methoxy groups -OCH3 is 1. The molecule has 2 rings (SSSR count). The molecule has 1 aliphatic rings. The Morgan fingerprint density at radius 3 is 2.67 bits per heavy atom. The van der Waals surface area contributed by atoms with Crippen LogP contribution < -0.4 is 5.32 Å². The molecule has 21 heavy (non-hydrogen) atoms. The molecule has 1 heterocycles. The lowest BCUT2D eigenvalue weighted by Crippen LogP contribution is -2.35. The van der Waals surface area contributed by atoms with Gasteiger partial charge in [-0.2, -0.15) is 0 Å². The summed E-state index contributed by atoms with van der Waals surface area (Å²) in [5, 5.41) is 3.31. The molecule has 1 saturated heterocycles. The fourth-order valence-corrected chi connectivity index (χ4v) is 2.31. The zero-order valence-electron chi connectivity index (χ0n) is 12.6. The third-order valence-electron chi connectivity index (χ3n) is 3.58. The lowest BCUT2D eigenvalue weighted by atomic mass is 10.2. The molecule has 0 amide bonds. The van der Waals surface area contributed by atoms with Crippen molar-refractivity contribution in [3.05, 3.63) is 29.8 Å². The van der Waals surface area contributed by atoms with Crippen molar-refractivity contribution < 1.29 is 14.3 Å². The standard InChI is InChI=1S/C16H24N2O3/c1-20-16(19)3-2-8-17-15-6-4-14(5-7-15)13-18-9-11-21-12-10-18/h4-7,17H,2-3,8-13H2,1H3. The van der Waals surface area contributed by atoms with Crippen LogP contribution in [0.15, 0.2) is 24.3 Å². The summed E-state index contributed by atoms with van der Waals surface area (Å²) < 4.78 is 9.96. The van der Waals surface area contributed by atoms with Crippen LogP contribution in [0.1, 0.15) is 18.4 Å². The molecule has 1 aromatic rings. The predicted octanol–water partition coefficient (Wildman–Crippen LogP) is 1.88. The van der Waals surface area contributed by atoms with E-state index in [1.807, 2.05) is 0 Å². The normalized spacial score (nSPS) is 15.7. The molecule has 0 unspecified atom stereocenters. The Bertz CT molecular complexity index is 428. The van der Waals surface area contributed by atoms with Crippen molar-refractivity contribution in [3.63, 3.8) is 0 Å². The number of nitrogens with one attached hydrogen (secondary N) is 1. The molecule has 1 N–H and O–H groups in total. The summed E-state index contributed by atoms with van der Waals surface area (Å²) in [4.78, 5) is 13.4. The van der Waals surface area contributed by atoms with Crippen molar-refractivity contribution in [1.29, 1.82) is 0 Å². The molecule has 0 radical (unpaired) electrons. The summed E-state index contributed by atoms with van der Waals surface area (Å²) in [6, 6.07) is 8.48. The average Bonchev–Trinajstić information content (AvgIpc) is 2.54. The van der Waals surface area contributed by atoms with Gasteiger partial charge in [0.05, 0.1) is 20.3 Å². The highest BCUT2D eigenvalue weighted by Gasteiger charge is 2.10. The van der Waals surface area contributed by atoms with Crippen molar-refractivity contribution in [2.45, 2.75) is 19.4 Å². The first-order valence-corrected chi connectivity index (χ1v) is 7.47. The number of anilines is 1. The summed E-state index contributed by atoms with van der Waals surface area (Å²) in [6.07, 6.45) is 1.24. The first-order valence-electron chi connectivity index (χ1n) is 7.47. The molecule has 116 valence electrons. The molecule has 1 aromatic carbocycles. The minimum absolute atomic E-state index is 0.155. The van der Waals surface area contributed by atoms with E-state index in [1.165, 1.54) is 12.7 Å². The number of ether oxygens (including phenoxy) is 2. The van der Waals surface area contributed by atoms with E-state index in [0.29, 0.717) is 6.42 Å². The monoisotopic (exact) mass is 292 g/mol. The maximum absolute atomic E-state index is 11.0. The smallest absolute Gasteiger partial charge is 0.305 e. The molecule has 0 saturated carbocycles. The third kappa shape index (κ3) is 5.73. The summed E-state index contributed by atoms with van der Waals surface area (Å²) in [6.45, 7) is 5.44. The van der Waals surface area contributed by atoms with E-state index >= 15 is 0 Å². The molecule has 0 bridgehead atoms. The number of benzene rings is 1. The van der Waals surface area contributed by atoms with Crippen LogP contribution in [-0.4, -0.2) is 50.8 Å². The van der Waals surface area contributed by atoms with Crippen LogP contribution in [0.2, 0.25) is 0 Å². The van der Waals surface area contributed by atoms with Crippen LogP contribution in [0.3, 0.4) is 0 Å². The number of hydrogen-bond donors (Lipinski definition) is 1. The van der Waals surface area contributed by atoms with Crippen LogP contribution in [0.25, 0.3) is 0 Å². The number of nitrogens with zero attached hydrogens (tertiary/aromatic N) is 1. The Balaban J connectivity index is 1.70. The Morgan fingerprint density at radius 2 is 2.00 bits per heavy atom. The molecule has 0 aliphatic carbocycles. The number of rotatable bonds is 7. The van der Waals surface area contributed by atoms with Gasteiger partial charge in [-0.3, -0.25) is 9.69 Å². The molecule has 5 heteroatoms. The van der Waals surface area contributed by atoms with E-state index in [1.54, 1.807) is 0 Å². The van der Waals surface area contributed by atoms with E-state index < -0.39 is 0 Å². The second-order valence-electron chi connectivity index (χ2n) is 5.19. The lowest BCUT2D eigenvalue weighted by molar-refractivity contribution is -0.140. The van der Waals surface area contributed by atoms with Gasteiger partial charge >= 0.3 is 5.97 Å². The van der Waals surface area contributed by atoms with Crippen LogP contribution in [-0.2, 0) is 20.8 Å². The highest BCUT2D eigenvalue weighted by molar-refractivity contribution is 5.69. The van der Waals surface area contributed by atoms with Crippen LogP contribution >= 0.6 is 0 Å². The second kappa shape index (κ2) is 8.64. The maximum Gasteiger partial charge on any atom is 0.305 e. The van der Waals surface area contributed by atoms with Gasteiger partial charge < -0.3 is 14.8 Å². The first-order chi connectivity index (χ1) is 10.3. The van der Waals surface area contributed by atoms with Gasteiger partial charge in [0, 0.05) is 38.3 Å². The Labute approximate surface area is 126 Å². The summed E-state index contributed by atoms with van der Waals surface area (Å²) in [7, 11) is 1.42. The summed E-state index contributed by atoms with van der Waals surface area (Å²) >= 11 is 0. The van der Waals surface area contributed by atoms with E-state index in [2.05, 4.69) is 39.2 Å². The fraction of sp³-hybridized carbons (Fsp3) is 0.562. The molecule has 1 fully saturated rings. The SMILES string of the molecule is COC(=O)CCCNc1ccc(CN2CCOCC2)cc1. The van der Waals surface area contributed by atoms with E-state index in [4.69, 9.17) is 4.74 Å². The predicted molar refractivity (Wildman–Crippen MR) is 82.3 cm³/mol. The van der Waals surface area contributed by atoms with E-state index in [-0.39, 0.29) is 5.97 Å². The Morgan fingerprint density at radius 1 is 1.29 bits per heavy atom. The minimum Gasteiger partial charge on any atom is -0.469 e. The van der Waals surface area contributed by atoms with Crippen LogP contribution in [0, 0.1) is 0 Å². The highest BCUT2D eigenvalue weighted by atomic mass is 16.5. The van der Waals surface area contributed by atoms with Gasteiger partial charge in [0.15, 0.2) is 0 Å². The van der Waals surface area contributed by atoms with Gasteiger partial charge in [-0.05, 0) is 24.1 Å². The van der Waals surface area contributed by atoms with Gasteiger partial charge in [0.25, 0.3) is 0 Å². The molecule has 5 nitrogen and oxygen atoms in total. The maximum atomic E-state index is 11.0. The summed E-state index contributed by atoms with van der Waals surface area (Å²) in [5.41, 5.74) is 2.41. The Hall–Kier alpha value is -1.59. The van der Waals surface area contributed by atoms with Crippen molar-refractivity contribution >= 4 is 11.7 Å². The van der Waals surface area contributed by atoms with Crippen LogP contribution in [0.5, 0.6) is 0 Å². The Kier molecular flexibility index (Phi) is 6.50. The number of hydrogen-bond acceptors (Lipinski definition) is 5. The number of morpholine rings is 1. The van der Waals surface area contributed by atoms with Crippen molar-refractivity contribution in [3.8, 4) is 0 Å². The molecular weight excluding hydrogens is 268 g/mol. The zero-order chi connectivity index (χ0) is 14.9. The quantitative estimate of drug-likeness (QED) is 0.614. The molecule has 0 spiro atoms. The number of esters is 1. The lowest BCUT2D eigenvalue weighted by Gasteiger charge is -2.26. The molecule has 1 aliphatic heterocycles. The topological polar surface area (TPSA) is 50.8 Å². The minimum atomic E-state index is -0.155. The van der Waals surface area contributed by atoms with Crippen molar-refractivity contribution in [1.82, 2.24) is 4.90 Å². The second-order valence-corrected chi connectivity index (χ2v) is 5.19. The summed E-state index contributed by atoms with van der Waals surface area (Å²) in [5.74, 6) is -0.155. The molecular formula is C16H24N2O3. The van der Waals surface area contributed by atoms with Gasteiger partial charge in [0.1, 0.15) is 0 Å². The van der Waals surface area contributed by atoms with Gasteiger partial charge in [-0.15, -0.1) is 0 Å². The van der Waals surface area contributed by atoms with Crippen molar-refractivity contribution in [2.75, 3.05) is 45.3 Å². The van der Waals surface area contributed by atoms with Crippen molar-refractivity contribution in [2.24, 2.45) is 0 Å². The van der Waals surface area contributed by atoms with Crippen LogP contribution in [0.4, 0.5) is 5.69 Å².